The molecule has 2 unspecified atom stereocenters. The maximum Gasteiger partial charge on any atom is 0.158 e. The van der Waals surface area contributed by atoms with Crippen LogP contribution in [-0.2, 0) is 10.3 Å². The number of para-hydroxylation sites is 1. The van der Waals surface area contributed by atoms with Gasteiger partial charge in [0.05, 0.1) is 0 Å². The molecule has 0 aliphatic carbocycles. The highest BCUT2D eigenvalue weighted by Crippen LogP contribution is 2.33. The summed E-state index contributed by atoms with van der Waals surface area (Å²) in [5, 5.41) is 0.683. The third-order valence-electron chi connectivity index (χ3n) is 3.60. The highest BCUT2D eigenvalue weighted by molar-refractivity contribution is 6.30. The lowest BCUT2D eigenvalue weighted by Crippen LogP contribution is -2.47. The molecule has 2 aromatic carbocycles. The maximum atomic E-state index is 6.22. The van der Waals surface area contributed by atoms with E-state index in [4.69, 9.17) is 26.8 Å². The number of methoxy groups -OCH3 is 1. The molecule has 0 amide bonds. The molecule has 0 radical (unpaired) electrons. The predicted octanol–water partition coefficient (Wildman–Crippen LogP) is 3.61. The molecule has 2 N–H and O–H groups in total. The lowest BCUT2D eigenvalue weighted by molar-refractivity contribution is -0.0636. The molecule has 4 heteroatoms. The lowest BCUT2D eigenvalue weighted by Gasteiger charge is -2.37. The van der Waals surface area contributed by atoms with Crippen molar-refractivity contribution in [3.8, 4) is 5.75 Å². The molecule has 21 heavy (non-hydrogen) atoms. The second-order valence-corrected chi connectivity index (χ2v) is 5.43. The first kappa shape index (κ1) is 15.8. The minimum atomic E-state index is -0.699. The zero-order valence-corrected chi connectivity index (χ0v) is 13.0. The van der Waals surface area contributed by atoms with Crippen LogP contribution in [0.1, 0.15) is 12.5 Å². The molecular formula is C17H20ClNO2. The summed E-state index contributed by atoms with van der Waals surface area (Å²) in [7, 11) is 1.64. The van der Waals surface area contributed by atoms with E-state index in [0.29, 0.717) is 11.6 Å². The van der Waals surface area contributed by atoms with Crippen LogP contribution in [0, 0.1) is 0 Å². The van der Waals surface area contributed by atoms with Crippen LogP contribution in [0.2, 0.25) is 5.02 Å². The van der Waals surface area contributed by atoms with Crippen LogP contribution in [0.15, 0.2) is 54.6 Å². The summed E-state index contributed by atoms with van der Waals surface area (Å²) < 4.78 is 11.8. The van der Waals surface area contributed by atoms with Crippen molar-refractivity contribution in [2.24, 2.45) is 5.73 Å². The van der Waals surface area contributed by atoms with Gasteiger partial charge in [0, 0.05) is 18.7 Å². The number of halogens is 1. The summed E-state index contributed by atoms with van der Waals surface area (Å²) in [6, 6.07) is 17.2. The molecule has 2 rings (SSSR count). The lowest BCUT2D eigenvalue weighted by atomic mass is 9.89. The first-order valence-electron chi connectivity index (χ1n) is 6.83. The van der Waals surface area contributed by atoms with Gasteiger partial charge in [-0.25, -0.2) is 0 Å². The smallest absolute Gasteiger partial charge is 0.158 e. The van der Waals surface area contributed by atoms with E-state index < -0.39 is 5.60 Å². The second-order valence-electron chi connectivity index (χ2n) is 4.99. The van der Waals surface area contributed by atoms with E-state index in [1.807, 2.05) is 61.5 Å². The zero-order chi connectivity index (χ0) is 15.3. The van der Waals surface area contributed by atoms with E-state index in [1.54, 1.807) is 7.11 Å². The fourth-order valence-corrected chi connectivity index (χ4v) is 2.50. The number of hydrogen-bond acceptors (Lipinski definition) is 3. The molecule has 0 bridgehead atoms. The van der Waals surface area contributed by atoms with E-state index in [0.717, 1.165) is 11.3 Å². The van der Waals surface area contributed by atoms with Gasteiger partial charge in [-0.15, -0.1) is 0 Å². The van der Waals surface area contributed by atoms with E-state index in [9.17, 15) is 0 Å². The molecule has 3 nitrogen and oxygen atoms in total. The largest absolute Gasteiger partial charge is 0.480 e. The number of ether oxygens (including phenoxy) is 2. The van der Waals surface area contributed by atoms with Crippen LogP contribution < -0.4 is 10.5 Å². The third kappa shape index (κ3) is 3.56. The molecule has 0 fully saturated rings. The number of hydrogen-bond donors (Lipinski definition) is 1. The van der Waals surface area contributed by atoms with Gasteiger partial charge in [0.1, 0.15) is 11.9 Å². The van der Waals surface area contributed by atoms with Gasteiger partial charge in [0.15, 0.2) is 5.60 Å². The number of rotatable bonds is 6. The first-order chi connectivity index (χ1) is 10.1. The molecule has 2 aromatic rings. The van der Waals surface area contributed by atoms with Crippen molar-refractivity contribution in [2.45, 2.75) is 18.6 Å². The SMILES string of the molecule is COC(CN)C(C)(Oc1ccccc1)c1ccc(Cl)cc1. The van der Waals surface area contributed by atoms with Gasteiger partial charge in [-0.3, -0.25) is 0 Å². The van der Waals surface area contributed by atoms with Crippen LogP contribution >= 0.6 is 11.6 Å². The molecule has 0 heterocycles. The van der Waals surface area contributed by atoms with Crippen molar-refractivity contribution in [2.75, 3.05) is 13.7 Å². The summed E-state index contributed by atoms with van der Waals surface area (Å²) in [6.07, 6.45) is -0.279. The Morgan fingerprint density at radius 3 is 2.24 bits per heavy atom. The Balaban J connectivity index is 2.41. The van der Waals surface area contributed by atoms with Gasteiger partial charge in [-0.05, 0) is 36.8 Å². The minimum absolute atomic E-state index is 0.279. The normalized spacial score (nSPS) is 15.2. The maximum absolute atomic E-state index is 6.22. The van der Waals surface area contributed by atoms with Crippen molar-refractivity contribution in [1.82, 2.24) is 0 Å². The summed E-state index contributed by atoms with van der Waals surface area (Å²) >= 11 is 5.97. The van der Waals surface area contributed by atoms with Crippen molar-refractivity contribution in [1.29, 1.82) is 0 Å². The van der Waals surface area contributed by atoms with Crippen molar-refractivity contribution in [3.63, 3.8) is 0 Å². The van der Waals surface area contributed by atoms with Gasteiger partial charge in [-0.1, -0.05) is 41.9 Å². The summed E-state index contributed by atoms with van der Waals surface area (Å²) in [6.45, 7) is 2.33. The van der Waals surface area contributed by atoms with Gasteiger partial charge in [0.25, 0.3) is 0 Å². The average Bonchev–Trinajstić information content (AvgIpc) is 2.50. The highest BCUT2D eigenvalue weighted by atomic mass is 35.5. The van der Waals surface area contributed by atoms with Crippen molar-refractivity contribution < 1.29 is 9.47 Å². The van der Waals surface area contributed by atoms with Gasteiger partial charge < -0.3 is 15.2 Å². The Bertz CT molecular complexity index is 555. The molecule has 0 aliphatic heterocycles. The summed E-state index contributed by atoms with van der Waals surface area (Å²) in [5.41, 5.74) is 6.13. The Morgan fingerprint density at radius 1 is 1.10 bits per heavy atom. The van der Waals surface area contributed by atoms with Gasteiger partial charge in [-0.2, -0.15) is 0 Å². The fourth-order valence-electron chi connectivity index (χ4n) is 2.37. The number of benzene rings is 2. The second kappa shape index (κ2) is 6.94. The molecule has 112 valence electrons. The first-order valence-corrected chi connectivity index (χ1v) is 7.21. The van der Waals surface area contributed by atoms with E-state index in [-0.39, 0.29) is 6.10 Å². The zero-order valence-electron chi connectivity index (χ0n) is 12.3. The Kier molecular flexibility index (Phi) is 5.23. The molecule has 0 spiro atoms. The van der Waals surface area contributed by atoms with Crippen LogP contribution in [0.25, 0.3) is 0 Å². The minimum Gasteiger partial charge on any atom is -0.480 e. The monoisotopic (exact) mass is 305 g/mol. The number of nitrogens with two attached hydrogens (primary N) is 1. The van der Waals surface area contributed by atoms with E-state index in [1.165, 1.54) is 0 Å². The van der Waals surface area contributed by atoms with Crippen molar-refractivity contribution >= 4 is 11.6 Å². The molecular weight excluding hydrogens is 286 g/mol. The van der Waals surface area contributed by atoms with Crippen LogP contribution in [0.4, 0.5) is 0 Å². The summed E-state index contributed by atoms with van der Waals surface area (Å²) in [4.78, 5) is 0. The Hall–Kier alpha value is -1.55. The van der Waals surface area contributed by atoms with Crippen LogP contribution in [-0.4, -0.2) is 19.8 Å². The van der Waals surface area contributed by atoms with Crippen LogP contribution in [0.3, 0.4) is 0 Å². The average molecular weight is 306 g/mol. The Labute approximate surface area is 130 Å². The topological polar surface area (TPSA) is 44.5 Å². The van der Waals surface area contributed by atoms with E-state index >= 15 is 0 Å². The quantitative estimate of drug-likeness (QED) is 0.886. The summed E-state index contributed by atoms with van der Waals surface area (Å²) in [5.74, 6) is 0.769. The predicted molar refractivity (Wildman–Crippen MR) is 85.7 cm³/mol. The standard InChI is InChI=1S/C17H20ClNO2/c1-17(16(12-19)20-2,13-8-10-14(18)11-9-13)21-15-6-4-3-5-7-15/h3-11,16H,12,19H2,1-2H3. The van der Waals surface area contributed by atoms with Crippen LogP contribution in [0.5, 0.6) is 5.75 Å². The van der Waals surface area contributed by atoms with Gasteiger partial charge >= 0.3 is 0 Å². The van der Waals surface area contributed by atoms with E-state index in [2.05, 4.69) is 0 Å². The third-order valence-corrected chi connectivity index (χ3v) is 3.86. The fraction of sp³-hybridized carbons (Fsp3) is 0.294. The molecule has 0 aliphatic rings. The molecule has 0 aromatic heterocycles. The molecule has 0 saturated carbocycles. The molecule has 2 atom stereocenters. The molecule has 0 saturated heterocycles. The Morgan fingerprint density at radius 2 is 1.71 bits per heavy atom. The van der Waals surface area contributed by atoms with Gasteiger partial charge in [0.2, 0.25) is 0 Å². The van der Waals surface area contributed by atoms with Crippen molar-refractivity contribution in [3.05, 3.63) is 65.2 Å². The highest BCUT2D eigenvalue weighted by Gasteiger charge is 2.38.